The normalized spacial score (nSPS) is 25.4. The van der Waals surface area contributed by atoms with Gasteiger partial charge in [-0.1, -0.05) is 35.9 Å². The van der Waals surface area contributed by atoms with Crippen molar-refractivity contribution in [2.75, 3.05) is 24.8 Å². The fourth-order valence-corrected chi connectivity index (χ4v) is 6.42. The molecule has 2 aliphatic rings. The van der Waals surface area contributed by atoms with E-state index in [1.54, 1.807) is 34.9 Å². The topological polar surface area (TPSA) is 115 Å². The van der Waals surface area contributed by atoms with Crippen molar-refractivity contribution in [3.05, 3.63) is 64.2 Å². The monoisotopic (exact) mass is 637 g/mol. The van der Waals surface area contributed by atoms with Gasteiger partial charge in [-0.05, 0) is 74.9 Å². The summed E-state index contributed by atoms with van der Waals surface area (Å²) in [5, 5.41) is 33.3. The van der Waals surface area contributed by atoms with E-state index < -0.39 is 30.3 Å². The number of hydrogen-bond acceptors (Lipinski definition) is 8. The number of nitrogens with zero attached hydrogens (tertiary/aromatic N) is 2. The van der Waals surface area contributed by atoms with Crippen LogP contribution in [0.1, 0.15) is 56.4 Å². The number of carbonyl (C=O) groups is 1. The Morgan fingerprint density at radius 1 is 1.28 bits per heavy atom. The van der Waals surface area contributed by atoms with Gasteiger partial charge in [-0.15, -0.1) is 11.8 Å². The van der Waals surface area contributed by atoms with Gasteiger partial charge >= 0.3 is 5.92 Å². The molecule has 0 unspecified atom stereocenters. The fourth-order valence-electron chi connectivity index (χ4n) is 5.14. The van der Waals surface area contributed by atoms with E-state index in [9.17, 15) is 29.1 Å². The first-order valence-electron chi connectivity index (χ1n) is 14.2. The Morgan fingerprint density at radius 3 is 2.70 bits per heavy atom. The number of ether oxygens (including phenoxy) is 2. The van der Waals surface area contributed by atoms with Gasteiger partial charge in [0.2, 0.25) is 5.91 Å². The zero-order valence-corrected chi connectivity index (χ0v) is 26.0. The van der Waals surface area contributed by atoms with Gasteiger partial charge in [0.05, 0.1) is 25.1 Å². The highest BCUT2D eigenvalue weighted by molar-refractivity contribution is 7.99. The molecule has 2 heterocycles. The maximum atomic E-state index is 14.1. The van der Waals surface area contributed by atoms with Crippen molar-refractivity contribution in [1.29, 1.82) is 5.26 Å². The molecule has 3 N–H and O–H groups in total. The number of benzene rings is 2. The van der Waals surface area contributed by atoms with Gasteiger partial charge in [0, 0.05) is 16.3 Å². The molecule has 0 spiro atoms. The zero-order chi connectivity index (χ0) is 31.4. The number of aliphatic hydroxyl groups is 2. The molecule has 2 aliphatic heterocycles. The number of nitrogens with one attached hydrogen (secondary N) is 1. The molecule has 2 fully saturated rings. The molecular weight excluding hydrogens is 600 g/mol. The molecule has 0 aliphatic carbocycles. The summed E-state index contributed by atoms with van der Waals surface area (Å²) in [6, 6.07) is 14.3. The lowest BCUT2D eigenvalue weighted by atomic mass is 9.90. The molecule has 1 amide bonds. The second kappa shape index (κ2) is 14.1. The highest BCUT2D eigenvalue weighted by Crippen LogP contribution is 2.41. The average Bonchev–Trinajstić information content (AvgIpc) is 3.46. The molecule has 0 aromatic heterocycles. The second-order valence-corrected chi connectivity index (χ2v) is 13.1. The van der Waals surface area contributed by atoms with Crippen molar-refractivity contribution in [2.24, 2.45) is 0 Å². The summed E-state index contributed by atoms with van der Waals surface area (Å²) >= 11 is 8.01. The van der Waals surface area contributed by atoms with Crippen molar-refractivity contribution in [3.8, 4) is 11.8 Å². The first kappa shape index (κ1) is 33.4. The van der Waals surface area contributed by atoms with E-state index in [1.165, 1.54) is 6.92 Å². The van der Waals surface area contributed by atoms with Crippen LogP contribution in [0.2, 0.25) is 5.02 Å². The summed E-state index contributed by atoms with van der Waals surface area (Å²) in [4.78, 5) is 14.1. The minimum atomic E-state index is -3.56. The second-order valence-electron chi connectivity index (χ2n) is 11.7. The number of aliphatic hydroxyl groups excluding tert-OH is 2. The Bertz CT molecular complexity index is 1310. The molecule has 4 rings (SSSR count). The largest absolute Gasteiger partial charge is 0.494 e. The third-order valence-electron chi connectivity index (χ3n) is 7.92. The van der Waals surface area contributed by atoms with Crippen molar-refractivity contribution in [3.63, 3.8) is 0 Å². The number of amides is 1. The molecule has 8 nitrogen and oxygen atoms in total. The summed E-state index contributed by atoms with van der Waals surface area (Å²) in [5.41, 5.74) is 1.85. The molecule has 234 valence electrons. The highest BCUT2D eigenvalue weighted by atomic mass is 35.5. The number of halogens is 3. The van der Waals surface area contributed by atoms with Gasteiger partial charge in [-0.25, -0.2) is 8.78 Å². The molecule has 2 saturated heterocycles. The van der Waals surface area contributed by atoms with Crippen molar-refractivity contribution in [2.45, 2.75) is 82.0 Å². The Morgan fingerprint density at radius 2 is 2.00 bits per heavy atom. The fraction of sp³-hybridized carbons (Fsp3) is 0.548. The third-order valence-corrected chi connectivity index (χ3v) is 9.30. The molecule has 0 saturated carbocycles. The standard InChI is InChI=1S/C31H38ClF2N3O5S/c1-19-31(33,34)29(40)27(39)28(42-19)21-7-10-25(32)22(14-21)13-20-5-8-24(9-6-20)41-12-4-11-30(2,3)36-16-26(38)37-18-43-17-23(37)15-35/h5-10,14,19,23,27-29,36,39-40H,4,11-13,16-18H2,1-3H3/t19-,23+,27+,28+,29-/m1/s1. The van der Waals surface area contributed by atoms with Crippen LogP contribution in [0.3, 0.4) is 0 Å². The predicted molar refractivity (Wildman–Crippen MR) is 161 cm³/mol. The molecule has 0 radical (unpaired) electrons. The van der Waals surface area contributed by atoms with Crippen LogP contribution in [0.25, 0.3) is 0 Å². The van der Waals surface area contributed by atoms with E-state index in [0.717, 1.165) is 24.0 Å². The Labute approximate surface area is 260 Å². The van der Waals surface area contributed by atoms with Gasteiger partial charge in [-0.2, -0.15) is 5.26 Å². The van der Waals surface area contributed by atoms with Crippen LogP contribution >= 0.6 is 23.4 Å². The van der Waals surface area contributed by atoms with E-state index in [0.29, 0.717) is 41.0 Å². The minimum Gasteiger partial charge on any atom is -0.494 e. The van der Waals surface area contributed by atoms with Crippen LogP contribution in [-0.2, 0) is 16.0 Å². The van der Waals surface area contributed by atoms with Crippen LogP contribution in [0.15, 0.2) is 42.5 Å². The van der Waals surface area contributed by atoms with Gasteiger partial charge < -0.3 is 29.9 Å². The number of alkyl halides is 2. The quantitative estimate of drug-likeness (QED) is 0.304. The van der Waals surface area contributed by atoms with Crippen LogP contribution < -0.4 is 10.1 Å². The maximum Gasteiger partial charge on any atom is 0.301 e. The first-order valence-corrected chi connectivity index (χ1v) is 15.8. The van der Waals surface area contributed by atoms with Crippen molar-refractivity contribution in [1.82, 2.24) is 10.2 Å². The molecule has 2 aromatic rings. The number of rotatable bonds is 11. The number of carbonyl (C=O) groups excluding carboxylic acids is 1. The van der Waals surface area contributed by atoms with Crippen molar-refractivity contribution >= 4 is 29.3 Å². The lowest BCUT2D eigenvalue weighted by Crippen LogP contribution is -2.57. The minimum absolute atomic E-state index is 0.0630. The Kier molecular flexibility index (Phi) is 11.0. The van der Waals surface area contributed by atoms with Gasteiger partial charge in [0.1, 0.15) is 36.2 Å². The molecular formula is C31H38ClF2N3O5S. The average molecular weight is 638 g/mol. The van der Waals surface area contributed by atoms with E-state index in [1.807, 2.05) is 38.1 Å². The summed E-state index contributed by atoms with van der Waals surface area (Å²) in [7, 11) is 0. The van der Waals surface area contributed by atoms with Crippen LogP contribution in [-0.4, -0.2) is 81.6 Å². The SMILES string of the molecule is C[C@H]1O[C@@H](c2ccc(Cl)c(Cc3ccc(OCCCC(C)(C)NCC(=O)N4CSC[C@@H]4C#N)cc3)c2)[C@H](O)[C@@H](O)C1(F)F. The summed E-state index contributed by atoms with van der Waals surface area (Å²) < 4.78 is 39.5. The maximum absolute atomic E-state index is 14.1. The van der Waals surface area contributed by atoms with Crippen LogP contribution in [0.5, 0.6) is 5.75 Å². The molecule has 12 heteroatoms. The number of nitriles is 1. The smallest absolute Gasteiger partial charge is 0.301 e. The molecule has 43 heavy (non-hydrogen) atoms. The highest BCUT2D eigenvalue weighted by Gasteiger charge is 2.55. The van der Waals surface area contributed by atoms with Crippen LogP contribution in [0, 0.1) is 11.3 Å². The van der Waals surface area contributed by atoms with Crippen molar-refractivity contribution < 1.29 is 33.3 Å². The van der Waals surface area contributed by atoms with E-state index in [2.05, 4.69) is 11.4 Å². The zero-order valence-electron chi connectivity index (χ0n) is 24.4. The first-order chi connectivity index (χ1) is 20.3. The molecule has 2 aromatic carbocycles. The van der Waals surface area contributed by atoms with E-state index >= 15 is 0 Å². The third kappa shape index (κ3) is 8.18. The number of thioether (sulfide) groups is 1. The van der Waals surface area contributed by atoms with Gasteiger partial charge in [-0.3, -0.25) is 4.79 Å². The Balaban J connectivity index is 1.25. The summed E-state index contributed by atoms with van der Waals surface area (Å²) in [5.74, 6) is -1.70. The lowest BCUT2D eigenvalue weighted by molar-refractivity contribution is -0.286. The number of hydrogen-bond donors (Lipinski definition) is 3. The predicted octanol–water partition coefficient (Wildman–Crippen LogP) is 4.70. The van der Waals surface area contributed by atoms with E-state index in [-0.39, 0.29) is 24.0 Å². The summed E-state index contributed by atoms with van der Waals surface area (Å²) in [6.07, 6.45) is -4.69. The van der Waals surface area contributed by atoms with E-state index in [4.69, 9.17) is 21.1 Å². The van der Waals surface area contributed by atoms with Crippen LogP contribution in [0.4, 0.5) is 8.78 Å². The Hall–Kier alpha value is -2.46. The van der Waals surface area contributed by atoms with Gasteiger partial charge in [0.15, 0.2) is 0 Å². The van der Waals surface area contributed by atoms with Gasteiger partial charge in [0.25, 0.3) is 0 Å². The molecule has 0 bridgehead atoms. The molecule has 5 atom stereocenters. The lowest BCUT2D eigenvalue weighted by Gasteiger charge is -2.41. The summed E-state index contributed by atoms with van der Waals surface area (Å²) in [6.45, 7) is 5.93.